The van der Waals surface area contributed by atoms with Gasteiger partial charge in [-0.1, -0.05) is 18.0 Å². The Labute approximate surface area is 281 Å². The molecule has 2 aliphatic rings. The van der Waals surface area contributed by atoms with E-state index in [1.807, 2.05) is 25.1 Å². The van der Waals surface area contributed by atoms with Gasteiger partial charge < -0.3 is 4.52 Å². The highest BCUT2D eigenvalue weighted by Crippen LogP contribution is 2.48. The van der Waals surface area contributed by atoms with Crippen LogP contribution in [0.3, 0.4) is 0 Å². The van der Waals surface area contributed by atoms with Crippen LogP contribution in [0.5, 0.6) is 0 Å². The Morgan fingerprint density at radius 1 is 0.755 bits per heavy atom. The smallest absolute Gasteiger partial charge is 0.361 e. The molecule has 5 heterocycles. The molecule has 0 N–H and O–H groups in total. The fraction of sp³-hybridized carbons (Fsp3) is 0.361. The molecule has 0 spiro atoms. The van der Waals surface area contributed by atoms with Crippen LogP contribution in [0, 0.1) is 18.6 Å². The number of aldehydes is 1. The summed E-state index contributed by atoms with van der Waals surface area (Å²) in [5, 5.41) is 20.3. The predicted octanol–water partition coefficient (Wildman–Crippen LogP) is 6.32. The second kappa shape index (κ2) is 16.1. The molecule has 0 bridgehead atoms. The van der Waals surface area contributed by atoms with E-state index in [9.17, 15) is 13.6 Å². The molecule has 49 heavy (non-hydrogen) atoms. The van der Waals surface area contributed by atoms with Crippen LogP contribution in [0.15, 0.2) is 71.5 Å². The van der Waals surface area contributed by atoms with Gasteiger partial charge >= 0.3 is 6.15 Å². The molecule has 0 radical (unpaired) electrons. The van der Waals surface area contributed by atoms with Crippen molar-refractivity contribution in [3.63, 3.8) is 0 Å². The summed E-state index contributed by atoms with van der Waals surface area (Å²) in [5.41, 5.74) is 4.27. The zero-order chi connectivity index (χ0) is 34.7. The van der Waals surface area contributed by atoms with Crippen LogP contribution in [-0.2, 0) is 33.3 Å². The third-order valence-corrected chi connectivity index (χ3v) is 9.33. The van der Waals surface area contributed by atoms with Crippen LogP contribution in [0.2, 0.25) is 0 Å². The number of carbonyl (C=O) groups excluding carboxylic acids is 3. The quantitative estimate of drug-likeness (QED) is 0.154. The minimum Gasteiger partial charge on any atom is -0.361 e. The molecular weight excluding hydrogens is 632 g/mol. The number of halogens is 2. The minimum atomic E-state index is -0.223. The van der Waals surface area contributed by atoms with Gasteiger partial charge in [0.1, 0.15) is 34.5 Å². The SMILES string of the molecule is Cc1cc(-c2ccc(CCC3(c4ncccc4F)CCC3)nn2)no1.O=C=O.O=Cc1ccc(CCC2(c3ncccc3F)CCC2)nn1. The van der Waals surface area contributed by atoms with Crippen LogP contribution < -0.4 is 0 Å². The van der Waals surface area contributed by atoms with E-state index in [0.717, 1.165) is 74.9 Å². The van der Waals surface area contributed by atoms with Gasteiger partial charge in [-0.3, -0.25) is 14.8 Å². The number of aromatic nitrogens is 7. The number of nitrogens with zero attached hydrogens (tertiary/aromatic N) is 7. The molecule has 2 fully saturated rings. The maximum atomic E-state index is 14.2. The molecule has 0 aromatic carbocycles. The van der Waals surface area contributed by atoms with Crippen molar-refractivity contribution in [1.29, 1.82) is 0 Å². The number of hydrogen-bond acceptors (Lipinski definition) is 11. The summed E-state index contributed by atoms with van der Waals surface area (Å²) in [7, 11) is 0. The molecule has 0 unspecified atom stereocenters. The maximum absolute atomic E-state index is 14.2. The van der Waals surface area contributed by atoms with Gasteiger partial charge in [-0.15, -0.1) is 10.2 Å². The van der Waals surface area contributed by atoms with Crippen molar-refractivity contribution >= 4 is 12.4 Å². The first-order chi connectivity index (χ1) is 23.8. The highest BCUT2D eigenvalue weighted by molar-refractivity contribution is 5.71. The largest absolute Gasteiger partial charge is 0.373 e. The van der Waals surface area contributed by atoms with Gasteiger partial charge in [-0.05, 0) is 107 Å². The highest BCUT2D eigenvalue weighted by Gasteiger charge is 2.42. The summed E-state index contributed by atoms with van der Waals surface area (Å²) < 4.78 is 33.2. The Kier molecular flexibility index (Phi) is 11.5. The molecule has 2 aliphatic carbocycles. The lowest BCUT2D eigenvalue weighted by Gasteiger charge is -2.41. The van der Waals surface area contributed by atoms with Crippen molar-refractivity contribution < 1.29 is 27.7 Å². The van der Waals surface area contributed by atoms with Crippen molar-refractivity contribution in [1.82, 2.24) is 35.5 Å². The summed E-state index contributed by atoms with van der Waals surface area (Å²) >= 11 is 0. The zero-order valence-electron chi connectivity index (χ0n) is 27.0. The van der Waals surface area contributed by atoms with E-state index in [-0.39, 0.29) is 28.6 Å². The second-order valence-corrected chi connectivity index (χ2v) is 12.3. The Hall–Kier alpha value is -5.42. The number of rotatable bonds is 10. The summed E-state index contributed by atoms with van der Waals surface area (Å²) in [6.07, 6.45) is 13.4. The summed E-state index contributed by atoms with van der Waals surface area (Å²) in [6, 6.07) is 15.4. The number of pyridine rings is 2. The monoisotopic (exact) mass is 667 g/mol. The zero-order valence-corrected chi connectivity index (χ0v) is 27.0. The molecule has 0 aliphatic heterocycles. The van der Waals surface area contributed by atoms with Crippen molar-refractivity contribution in [2.75, 3.05) is 0 Å². The molecule has 0 atom stereocenters. The van der Waals surface area contributed by atoms with Crippen molar-refractivity contribution in [2.45, 2.75) is 82.0 Å². The summed E-state index contributed by atoms with van der Waals surface area (Å²) in [5.74, 6) is 0.315. The molecule has 13 heteroatoms. The fourth-order valence-electron chi connectivity index (χ4n) is 6.39. The van der Waals surface area contributed by atoms with Crippen LogP contribution in [0.25, 0.3) is 11.4 Å². The lowest BCUT2D eigenvalue weighted by Crippen LogP contribution is -2.36. The molecular formula is C36H35F2N7O4. The third-order valence-electron chi connectivity index (χ3n) is 9.33. The Morgan fingerprint density at radius 3 is 1.65 bits per heavy atom. The first kappa shape index (κ1) is 34.9. The predicted molar refractivity (Wildman–Crippen MR) is 171 cm³/mol. The van der Waals surface area contributed by atoms with Crippen LogP contribution in [0.4, 0.5) is 8.78 Å². The van der Waals surface area contributed by atoms with Crippen molar-refractivity contribution in [3.05, 3.63) is 113 Å². The summed E-state index contributed by atoms with van der Waals surface area (Å²) in [6.45, 7) is 1.84. The molecule has 11 nitrogen and oxygen atoms in total. The lowest BCUT2D eigenvalue weighted by molar-refractivity contribution is -0.191. The van der Waals surface area contributed by atoms with Gasteiger partial charge in [0.25, 0.3) is 0 Å². The average Bonchev–Trinajstić information content (AvgIpc) is 3.52. The number of carbonyl (C=O) groups is 1. The van der Waals surface area contributed by atoms with Crippen molar-refractivity contribution in [2.24, 2.45) is 0 Å². The third kappa shape index (κ3) is 8.36. The van der Waals surface area contributed by atoms with Crippen LogP contribution in [0.1, 0.15) is 90.4 Å². The number of hydrogen-bond donors (Lipinski definition) is 0. The molecule has 0 saturated heterocycles. The topological polar surface area (TPSA) is 155 Å². The van der Waals surface area contributed by atoms with Gasteiger partial charge in [0.15, 0.2) is 6.29 Å². The molecule has 252 valence electrons. The van der Waals surface area contributed by atoms with Gasteiger partial charge in [0.05, 0.1) is 22.8 Å². The molecule has 0 amide bonds. The average molecular weight is 668 g/mol. The Bertz CT molecular complexity index is 1870. The Balaban J connectivity index is 0.000000179. The van der Waals surface area contributed by atoms with E-state index in [1.54, 1.807) is 36.7 Å². The fourth-order valence-corrected chi connectivity index (χ4v) is 6.39. The van der Waals surface area contributed by atoms with Gasteiger partial charge in [-0.25, -0.2) is 8.78 Å². The lowest BCUT2D eigenvalue weighted by atomic mass is 9.63. The van der Waals surface area contributed by atoms with E-state index in [0.29, 0.717) is 41.2 Å². The van der Waals surface area contributed by atoms with Gasteiger partial charge in [0, 0.05) is 29.3 Å². The standard InChI is InChI=1S/C19H19FN4O.C16H16FN3O.CO2/c1-13-12-17(24-25-13)16-6-5-14(22-23-16)7-10-19(8-3-9-19)18-15(20)4-2-11-21-18;17-14-3-1-10-18-15(14)16(7-2-8-16)9-6-12-4-5-13(11-21)20-19-12;2-1-3/h2,4-6,11-12H,3,7-10H2,1H3;1,3-5,10-11H,2,6-9H2;. The first-order valence-corrected chi connectivity index (χ1v) is 16.1. The molecule has 5 aromatic rings. The van der Waals surface area contributed by atoms with Gasteiger partial charge in [0.2, 0.25) is 0 Å². The molecule has 2 saturated carbocycles. The number of aryl methyl sites for hydroxylation is 3. The highest BCUT2D eigenvalue weighted by atomic mass is 19.1. The first-order valence-electron chi connectivity index (χ1n) is 16.1. The minimum absolute atomic E-state index is 0.158. The van der Waals surface area contributed by atoms with E-state index in [1.165, 1.54) is 12.1 Å². The van der Waals surface area contributed by atoms with E-state index in [4.69, 9.17) is 14.1 Å². The van der Waals surface area contributed by atoms with Gasteiger partial charge in [-0.2, -0.15) is 19.8 Å². The van der Waals surface area contributed by atoms with E-state index in [2.05, 4.69) is 35.5 Å². The van der Waals surface area contributed by atoms with E-state index < -0.39 is 0 Å². The summed E-state index contributed by atoms with van der Waals surface area (Å²) in [4.78, 5) is 35.4. The van der Waals surface area contributed by atoms with E-state index >= 15 is 0 Å². The molecule has 7 rings (SSSR count). The van der Waals surface area contributed by atoms with Crippen molar-refractivity contribution in [3.8, 4) is 11.4 Å². The second-order valence-electron chi connectivity index (χ2n) is 12.3. The normalized spacial score (nSPS) is 15.2. The maximum Gasteiger partial charge on any atom is 0.373 e. The van der Waals surface area contributed by atoms with Crippen LogP contribution in [-0.4, -0.2) is 48.0 Å². The van der Waals surface area contributed by atoms with Crippen LogP contribution >= 0.6 is 0 Å². The molecule has 5 aromatic heterocycles. The Morgan fingerprint density at radius 2 is 1.29 bits per heavy atom.